The SMILES string of the molecule is CC(C)c1cccnc1.Cl. The van der Waals surface area contributed by atoms with Crippen molar-refractivity contribution < 1.29 is 0 Å². The number of halogens is 1. The molecule has 0 N–H and O–H groups in total. The Morgan fingerprint density at radius 2 is 2.10 bits per heavy atom. The van der Waals surface area contributed by atoms with Crippen LogP contribution < -0.4 is 0 Å². The van der Waals surface area contributed by atoms with Crippen molar-refractivity contribution in [2.45, 2.75) is 19.8 Å². The molecule has 0 aromatic carbocycles. The lowest BCUT2D eigenvalue weighted by Gasteiger charge is -2.00. The highest BCUT2D eigenvalue weighted by atomic mass is 35.5. The number of hydrogen-bond donors (Lipinski definition) is 0. The molecular weight excluding hydrogens is 146 g/mol. The highest BCUT2D eigenvalue weighted by molar-refractivity contribution is 5.85. The van der Waals surface area contributed by atoms with Crippen LogP contribution in [0.1, 0.15) is 25.3 Å². The van der Waals surface area contributed by atoms with Gasteiger partial charge in [0.15, 0.2) is 0 Å². The van der Waals surface area contributed by atoms with Gasteiger partial charge >= 0.3 is 0 Å². The molecule has 1 aromatic rings. The van der Waals surface area contributed by atoms with Crippen LogP contribution in [0.3, 0.4) is 0 Å². The van der Waals surface area contributed by atoms with Gasteiger partial charge in [-0.3, -0.25) is 4.98 Å². The van der Waals surface area contributed by atoms with E-state index in [0.717, 1.165) is 0 Å². The van der Waals surface area contributed by atoms with Crippen molar-refractivity contribution in [3.63, 3.8) is 0 Å². The zero-order valence-electron chi connectivity index (χ0n) is 6.24. The maximum Gasteiger partial charge on any atom is 0.0302 e. The molecule has 0 spiro atoms. The summed E-state index contributed by atoms with van der Waals surface area (Å²) in [6.45, 7) is 4.33. The van der Waals surface area contributed by atoms with Crippen molar-refractivity contribution >= 4 is 12.4 Å². The van der Waals surface area contributed by atoms with E-state index >= 15 is 0 Å². The van der Waals surface area contributed by atoms with Gasteiger partial charge in [-0.05, 0) is 17.5 Å². The fourth-order valence-corrected chi connectivity index (χ4v) is 0.717. The first-order valence-electron chi connectivity index (χ1n) is 3.20. The van der Waals surface area contributed by atoms with Crippen LogP contribution in [-0.4, -0.2) is 4.98 Å². The Morgan fingerprint density at radius 3 is 2.40 bits per heavy atom. The molecule has 1 rings (SSSR count). The molecular formula is C8H12ClN. The quantitative estimate of drug-likeness (QED) is 0.611. The summed E-state index contributed by atoms with van der Waals surface area (Å²) >= 11 is 0. The van der Waals surface area contributed by atoms with Crippen LogP contribution >= 0.6 is 12.4 Å². The van der Waals surface area contributed by atoms with Crippen molar-refractivity contribution in [1.82, 2.24) is 4.98 Å². The average molecular weight is 158 g/mol. The molecule has 0 saturated carbocycles. The minimum Gasteiger partial charge on any atom is -0.264 e. The maximum absolute atomic E-state index is 4.01. The Labute approximate surface area is 67.9 Å². The van der Waals surface area contributed by atoms with Crippen molar-refractivity contribution in [3.8, 4) is 0 Å². The first-order chi connectivity index (χ1) is 4.30. The van der Waals surface area contributed by atoms with E-state index in [0.29, 0.717) is 5.92 Å². The van der Waals surface area contributed by atoms with Crippen LogP contribution in [0.25, 0.3) is 0 Å². The normalized spacial score (nSPS) is 9.10. The van der Waals surface area contributed by atoms with Crippen LogP contribution in [-0.2, 0) is 0 Å². The maximum atomic E-state index is 4.01. The molecule has 0 radical (unpaired) electrons. The van der Waals surface area contributed by atoms with Crippen molar-refractivity contribution in [3.05, 3.63) is 30.1 Å². The van der Waals surface area contributed by atoms with Crippen LogP contribution in [0.2, 0.25) is 0 Å². The summed E-state index contributed by atoms with van der Waals surface area (Å²) in [5.74, 6) is 0.596. The molecule has 2 heteroatoms. The fourth-order valence-electron chi connectivity index (χ4n) is 0.717. The Morgan fingerprint density at radius 1 is 1.40 bits per heavy atom. The average Bonchev–Trinajstić information content (AvgIpc) is 1.90. The highest BCUT2D eigenvalue weighted by Crippen LogP contribution is 2.10. The van der Waals surface area contributed by atoms with Gasteiger partial charge in [-0.15, -0.1) is 12.4 Å². The fraction of sp³-hybridized carbons (Fsp3) is 0.375. The monoisotopic (exact) mass is 157 g/mol. The number of aromatic nitrogens is 1. The summed E-state index contributed by atoms with van der Waals surface area (Å²) in [4.78, 5) is 4.01. The zero-order chi connectivity index (χ0) is 6.69. The van der Waals surface area contributed by atoms with E-state index in [-0.39, 0.29) is 12.4 Å². The minimum absolute atomic E-state index is 0. The number of nitrogens with zero attached hydrogens (tertiary/aromatic N) is 1. The third-order valence-electron chi connectivity index (χ3n) is 1.35. The first kappa shape index (κ1) is 9.44. The van der Waals surface area contributed by atoms with Gasteiger partial charge in [0.25, 0.3) is 0 Å². The van der Waals surface area contributed by atoms with Crippen molar-refractivity contribution in [2.24, 2.45) is 0 Å². The Balaban J connectivity index is 0.000000810. The van der Waals surface area contributed by atoms with E-state index in [1.807, 2.05) is 12.3 Å². The summed E-state index contributed by atoms with van der Waals surface area (Å²) in [5.41, 5.74) is 1.30. The smallest absolute Gasteiger partial charge is 0.0302 e. The van der Waals surface area contributed by atoms with E-state index in [2.05, 4.69) is 24.9 Å². The van der Waals surface area contributed by atoms with E-state index in [9.17, 15) is 0 Å². The molecule has 0 atom stereocenters. The summed E-state index contributed by atoms with van der Waals surface area (Å²) < 4.78 is 0. The van der Waals surface area contributed by atoms with Gasteiger partial charge in [-0.1, -0.05) is 19.9 Å². The molecule has 0 aliphatic heterocycles. The number of hydrogen-bond acceptors (Lipinski definition) is 1. The lowest BCUT2D eigenvalue weighted by molar-refractivity contribution is 0.858. The lowest BCUT2D eigenvalue weighted by atomic mass is 10.1. The van der Waals surface area contributed by atoms with E-state index in [1.165, 1.54) is 5.56 Å². The predicted molar refractivity (Wildman–Crippen MR) is 45.6 cm³/mol. The Kier molecular flexibility index (Phi) is 4.05. The lowest BCUT2D eigenvalue weighted by Crippen LogP contribution is -1.85. The van der Waals surface area contributed by atoms with E-state index in [1.54, 1.807) is 6.20 Å². The zero-order valence-corrected chi connectivity index (χ0v) is 7.06. The van der Waals surface area contributed by atoms with Gasteiger partial charge < -0.3 is 0 Å². The summed E-state index contributed by atoms with van der Waals surface area (Å²) in [7, 11) is 0. The standard InChI is InChI=1S/C8H11N.ClH/c1-7(2)8-4-3-5-9-6-8;/h3-7H,1-2H3;1H. The van der Waals surface area contributed by atoms with Gasteiger partial charge in [0.2, 0.25) is 0 Å². The molecule has 0 amide bonds. The van der Waals surface area contributed by atoms with Crippen LogP contribution in [0, 0.1) is 0 Å². The second-order valence-corrected chi connectivity index (χ2v) is 2.44. The second kappa shape index (κ2) is 4.29. The van der Waals surface area contributed by atoms with Crippen molar-refractivity contribution in [1.29, 1.82) is 0 Å². The van der Waals surface area contributed by atoms with Gasteiger partial charge in [0.1, 0.15) is 0 Å². The Bertz CT molecular complexity index is 172. The molecule has 0 aliphatic carbocycles. The van der Waals surface area contributed by atoms with Crippen LogP contribution in [0.5, 0.6) is 0 Å². The predicted octanol–water partition coefficient (Wildman–Crippen LogP) is 2.63. The Hall–Kier alpha value is -0.560. The third kappa shape index (κ3) is 2.36. The minimum atomic E-state index is 0. The van der Waals surface area contributed by atoms with Gasteiger partial charge in [-0.25, -0.2) is 0 Å². The molecule has 0 unspecified atom stereocenters. The highest BCUT2D eigenvalue weighted by Gasteiger charge is 1.94. The van der Waals surface area contributed by atoms with Gasteiger partial charge in [-0.2, -0.15) is 0 Å². The summed E-state index contributed by atoms with van der Waals surface area (Å²) in [5, 5.41) is 0. The largest absolute Gasteiger partial charge is 0.264 e. The summed E-state index contributed by atoms with van der Waals surface area (Å²) in [6.07, 6.45) is 3.70. The molecule has 1 aromatic heterocycles. The molecule has 0 saturated heterocycles. The molecule has 1 heterocycles. The molecule has 0 aliphatic rings. The van der Waals surface area contributed by atoms with E-state index < -0.39 is 0 Å². The second-order valence-electron chi connectivity index (χ2n) is 2.44. The van der Waals surface area contributed by atoms with Gasteiger partial charge in [0.05, 0.1) is 0 Å². The third-order valence-corrected chi connectivity index (χ3v) is 1.35. The number of pyridine rings is 1. The van der Waals surface area contributed by atoms with Crippen LogP contribution in [0.4, 0.5) is 0 Å². The van der Waals surface area contributed by atoms with E-state index in [4.69, 9.17) is 0 Å². The topological polar surface area (TPSA) is 12.9 Å². The van der Waals surface area contributed by atoms with Crippen molar-refractivity contribution in [2.75, 3.05) is 0 Å². The molecule has 0 bridgehead atoms. The summed E-state index contributed by atoms with van der Waals surface area (Å²) in [6, 6.07) is 4.06. The molecule has 10 heavy (non-hydrogen) atoms. The number of rotatable bonds is 1. The first-order valence-corrected chi connectivity index (χ1v) is 3.20. The van der Waals surface area contributed by atoms with Gasteiger partial charge in [0, 0.05) is 12.4 Å². The van der Waals surface area contributed by atoms with Crippen LogP contribution in [0.15, 0.2) is 24.5 Å². The molecule has 1 nitrogen and oxygen atoms in total. The molecule has 56 valence electrons. The molecule has 0 fully saturated rings.